The Labute approximate surface area is 415 Å². The molecule has 2 aliphatic rings. The lowest BCUT2D eigenvalue weighted by Gasteiger charge is -2.38. The number of ether oxygens (including phenoxy) is 2. The highest BCUT2D eigenvalue weighted by Crippen LogP contribution is 2.49. The molecule has 0 saturated heterocycles. The highest BCUT2D eigenvalue weighted by Gasteiger charge is 2.51. The van der Waals surface area contributed by atoms with Crippen LogP contribution in [0.15, 0.2) is 24.3 Å². The van der Waals surface area contributed by atoms with Crippen LogP contribution in [0.25, 0.3) is 0 Å². The van der Waals surface area contributed by atoms with Gasteiger partial charge in [-0.3, -0.25) is 28.0 Å². The van der Waals surface area contributed by atoms with Gasteiger partial charge in [0.25, 0.3) is 0 Å². The van der Waals surface area contributed by atoms with Gasteiger partial charge in [-0.1, -0.05) is 160 Å². The molecule has 1 unspecified atom stereocenters. The molecule has 0 aromatic carbocycles. The van der Waals surface area contributed by atoms with E-state index < -0.39 is 120 Å². The topological polar surface area (TPSA) is 314 Å². The van der Waals surface area contributed by atoms with Gasteiger partial charge in [0.1, 0.15) is 36.8 Å². The van der Waals surface area contributed by atoms with E-state index in [0.717, 1.165) is 44.6 Å². The maximum absolute atomic E-state index is 13.7. The van der Waals surface area contributed by atoms with Crippen LogP contribution in [-0.2, 0) is 46.6 Å². The molecule has 0 radical (unpaired) electrons. The third kappa shape index (κ3) is 27.4. The van der Waals surface area contributed by atoms with E-state index in [9.17, 15) is 68.8 Å². The van der Waals surface area contributed by atoms with Gasteiger partial charge in [0.2, 0.25) is 0 Å². The van der Waals surface area contributed by atoms with Crippen LogP contribution in [0, 0.1) is 11.8 Å². The van der Waals surface area contributed by atoms with Crippen LogP contribution < -0.4 is 0 Å². The second-order valence-corrected chi connectivity index (χ2v) is 21.6. The molecule has 0 amide bonds. The number of rotatable bonds is 28. The molecule has 9 N–H and O–H groups in total. The largest absolute Gasteiger partial charge is 0.472 e. The standard InChI is InChI=1S/C49H88O19P2/c1-3-5-7-8-9-10-11-12-13-14-15-16-17-18-19-20-25-29-42(53)64-34-37-35-65-70(62,63)68-49-47(58)46(57)44(55)38(28-24-21-22-26-30-43(54)66-37)40(51)33-41(52)39(32-31-36(50)27-23-6-4-2)45(56)48(49)67-69(59,60)61/h21,24,31-32,36-39,41,44-50,52,55-58H,3-20,22-23,25-30,33-35H2,1-2H3,(H,62,63)(H2,59,60,61)/b24-21-,32-31+/t36-,37+,38-,39-,41+,44+,45+,46-,47+,48+,49-/m0/s1. The predicted molar refractivity (Wildman–Crippen MR) is 261 cm³/mol. The lowest BCUT2D eigenvalue weighted by Crippen LogP contribution is -2.56. The minimum atomic E-state index is -5.78. The summed E-state index contributed by atoms with van der Waals surface area (Å²) in [7, 11) is -11.5. The van der Waals surface area contributed by atoms with Crippen molar-refractivity contribution in [2.45, 2.75) is 242 Å². The zero-order valence-corrected chi connectivity index (χ0v) is 43.5. The molecule has 1 aliphatic heterocycles. The number of carbonyl (C=O) groups excluding carboxylic acids is 3. The Morgan fingerprint density at radius 2 is 1.36 bits per heavy atom. The number of aliphatic hydroxyl groups excluding tert-OH is 6. The van der Waals surface area contributed by atoms with Gasteiger partial charge in [-0.15, -0.1) is 0 Å². The summed E-state index contributed by atoms with van der Waals surface area (Å²) in [6.45, 7) is 2.58. The average molecular weight is 1040 g/mol. The van der Waals surface area contributed by atoms with E-state index in [2.05, 4.69) is 6.92 Å². The lowest BCUT2D eigenvalue weighted by atomic mass is 9.84. The molecule has 21 heteroatoms. The van der Waals surface area contributed by atoms with Crippen LogP contribution in [0.5, 0.6) is 0 Å². The number of unbranched alkanes of at least 4 members (excludes halogenated alkanes) is 18. The Balaban J connectivity index is 2.21. The minimum Gasteiger partial charge on any atom is -0.462 e. The molecule has 1 saturated carbocycles. The lowest BCUT2D eigenvalue weighted by molar-refractivity contribution is -0.165. The Bertz CT molecular complexity index is 1610. The first-order valence-corrected chi connectivity index (χ1v) is 29.0. The molecule has 1 fully saturated rings. The van der Waals surface area contributed by atoms with Crippen molar-refractivity contribution < 1.29 is 91.9 Å². The number of phosphoric acid groups is 2. The van der Waals surface area contributed by atoms with Crippen molar-refractivity contribution in [1.29, 1.82) is 0 Å². The van der Waals surface area contributed by atoms with Gasteiger partial charge in [0.15, 0.2) is 6.10 Å². The smallest absolute Gasteiger partial charge is 0.462 e. The van der Waals surface area contributed by atoms with Crippen molar-refractivity contribution >= 4 is 33.4 Å². The van der Waals surface area contributed by atoms with Gasteiger partial charge in [-0.2, -0.15) is 0 Å². The van der Waals surface area contributed by atoms with Crippen LogP contribution in [0.3, 0.4) is 0 Å². The van der Waals surface area contributed by atoms with Crippen molar-refractivity contribution in [2.75, 3.05) is 13.2 Å². The van der Waals surface area contributed by atoms with Crippen molar-refractivity contribution in [3.8, 4) is 0 Å². The quantitative estimate of drug-likeness (QED) is 0.0163. The highest BCUT2D eigenvalue weighted by atomic mass is 31.2. The second-order valence-electron chi connectivity index (χ2n) is 19.0. The van der Waals surface area contributed by atoms with Crippen LogP contribution in [0.2, 0.25) is 0 Å². The Kier molecular flexibility index (Phi) is 33.1. The van der Waals surface area contributed by atoms with E-state index in [1.54, 1.807) is 6.08 Å². The first-order chi connectivity index (χ1) is 33.3. The Morgan fingerprint density at radius 1 is 0.800 bits per heavy atom. The normalized spacial score (nSPS) is 30.1. The molecule has 1 heterocycles. The number of Topliss-reactive ketones (excluding diaryl/α,β-unsaturated/α-hetero) is 1. The fourth-order valence-corrected chi connectivity index (χ4v) is 10.3. The number of ketones is 1. The summed E-state index contributed by atoms with van der Waals surface area (Å²) in [6, 6.07) is 0. The van der Waals surface area contributed by atoms with E-state index in [1.165, 1.54) is 89.2 Å². The van der Waals surface area contributed by atoms with Gasteiger partial charge in [0, 0.05) is 31.1 Å². The zero-order chi connectivity index (χ0) is 52.0. The van der Waals surface area contributed by atoms with Crippen molar-refractivity contribution in [3.05, 3.63) is 24.3 Å². The molecular formula is C49H88O19P2. The van der Waals surface area contributed by atoms with Gasteiger partial charge in [-0.25, -0.2) is 9.13 Å². The number of allylic oxidation sites excluding steroid dienone is 2. The number of fused-ring (bicyclic) bond motifs is 4. The number of esters is 2. The van der Waals surface area contributed by atoms with Crippen molar-refractivity contribution in [2.24, 2.45) is 11.8 Å². The number of hydrogen-bond donors (Lipinski definition) is 9. The maximum Gasteiger partial charge on any atom is 0.472 e. The maximum atomic E-state index is 13.7. The monoisotopic (exact) mass is 1040 g/mol. The van der Waals surface area contributed by atoms with Crippen LogP contribution in [0.1, 0.15) is 187 Å². The third-order valence-electron chi connectivity index (χ3n) is 12.9. The van der Waals surface area contributed by atoms with E-state index in [1.807, 2.05) is 6.92 Å². The molecule has 2 rings (SSSR count). The van der Waals surface area contributed by atoms with Gasteiger partial charge >= 0.3 is 27.6 Å². The summed E-state index contributed by atoms with van der Waals surface area (Å²) < 4.78 is 52.1. The number of phosphoric ester groups is 2. The molecule has 0 spiro atoms. The molecule has 12 atom stereocenters. The summed E-state index contributed by atoms with van der Waals surface area (Å²) >= 11 is 0. The Morgan fingerprint density at radius 3 is 1.93 bits per heavy atom. The molecule has 408 valence electrons. The predicted octanol–water partition coefficient (Wildman–Crippen LogP) is 7.10. The molecule has 70 heavy (non-hydrogen) atoms. The highest BCUT2D eigenvalue weighted by molar-refractivity contribution is 7.47. The Hall–Kier alpha value is -1.93. The van der Waals surface area contributed by atoms with Crippen LogP contribution in [-0.4, -0.2) is 131 Å². The molecule has 2 bridgehead atoms. The molecule has 19 nitrogen and oxygen atoms in total. The first-order valence-electron chi connectivity index (χ1n) is 26.0. The van der Waals surface area contributed by atoms with E-state index in [0.29, 0.717) is 12.8 Å². The molecule has 0 aromatic rings. The summed E-state index contributed by atoms with van der Waals surface area (Å²) in [4.78, 5) is 70.4. The summed E-state index contributed by atoms with van der Waals surface area (Å²) in [6.07, 6.45) is 7.16. The summed E-state index contributed by atoms with van der Waals surface area (Å²) in [5.41, 5.74) is 0. The molecule has 1 aliphatic carbocycles. The van der Waals surface area contributed by atoms with Gasteiger partial charge in [-0.05, 0) is 32.1 Å². The van der Waals surface area contributed by atoms with Crippen LogP contribution in [0.4, 0.5) is 0 Å². The molecule has 0 aromatic heterocycles. The van der Waals surface area contributed by atoms with E-state index >= 15 is 0 Å². The van der Waals surface area contributed by atoms with Gasteiger partial charge < -0.3 is 54.8 Å². The number of cyclic esters (lactones) is 1. The first kappa shape index (κ1) is 64.2. The number of hydrogen-bond acceptors (Lipinski definition) is 16. The number of aliphatic hydroxyl groups is 6. The molecular weight excluding hydrogens is 954 g/mol. The zero-order valence-electron chi connectivity index (χ0n) is 41.7. The van der Waals surface area contributed by atoms with Crippen molar-refractivity contribution in [3.63, 3.8) is 0 Å². The fraction of sp³-hybridized carbons (Fsp3) is 0.857. The average Bonchev–Trinajstić information content (AvgIpc) is 3.30. The van der Waals surface area contributed by atoms with E-state index in [-0.39, 0.29) is 38.5 Å². The van der Waals surface area contributed by atoms with Crippen LogP contribution >= 0.6 is 15.6 Å². The van der Waals surface area contributed by atoms with Crippen molar-refractivity contribution in [1.82, 2.24) is 0 Å². The minimum absolute atomic E-state index is 0.0558. The third-order valence-corrected chi connectivity index (χ3v) is 14.4. The summed E-state index contributed by atoms with van der Waals surface area (Å²) in [5, 5.41) is 68.1. The fourth-order valence-electron chi connectivity index (χ4n) is 8.73. The van der Waals surface area contributed by atoms with E-state index in [4.69, 9.17) is 23.0 Å². The number of carbonyl (C=O) groups is 3. The summed E-state index contributed by atoms with van der Waals surface area (Å²) in [5.74, 6) is -5.64. The second kappa shape index (κ2) is 36.1. The van der Waals surface area contributed by atoms with Gasteiger partial charge in [0.05, 0.1) is 31.0 Å². The SMILES string of the molecule is CCCCCCCCCCCCCCCCCCCC(=O)OC[C@@H]1COP(=O)(O)O[C@H]2[C@H](O)[C@@H](O)[C@H](O)[C@@H](C/C=C\CCCC(=O)O1)C(=O)C[C@@H](O)[C@H](/C=C/[C@@H](O)CCCCC)[C@@H](O)[C@H]2OP(=O)(O)O.